The Morgan fingerprint density at radius 3 is 3.10 bits per heavy atom. The number of fused-ring (bicyclic) bond motifs is 1. The number of nitrogens with zero attached hydrogens (tertiary/aromatic N) is 4. The summed E-state index contributed by atoms with van der Waals surface area (Å²) in [4.78, 5) is 13.8. The van der Waals surface area contributed by atoms with Gasteiger partial charge in [0, 0.05) is 18.5 Å². The van der Waals surface area contributed by atoms with Crippen molar-refractivity contribution in [2.45, 2.75) is 25.7 Å². The van der Waals surface area contributed by atoms with Gasteiger partial charge in [-0.3, -0.25) is 4.79 Å². The van der Waals surface area contributed by atoms with Crippen LogP contribution in [0.1, 0.15) is 33.6 Å². The van der Waals surface area contributed by atoms with Crippen molar-refractivity contribution in [3.8, 4) is 5.00 Å². The topological polar surface area (TPSA) is 81.9 Å². The van der Waals surface area contributed by atoms with E-state index in [2.05, 4.69) is 20.8 Å². The van der Waals surface area contributed by atoms with E-state index in [4.69, 9.17) is 4.74 Å². The van der Waals surface area contributed by atoms with Crippen molar-refractivity contribution in [2.24, 2.45) is 0 Å². The Balaban J connectivity index is 1.96. The predicted molar refractivity (Wildman–Crippen MR) is 77.9 cm³/mol. The number of carbonyl (C=O) groups excluding carboxylic acids is 1. The molecule has 8 heteroatoms. The Hall–Kier alpha value is -1.80. The molecule has 0 bridgehead atoms. The van der Waals surface area contributed by atoms with Crippen LogP contribution in [0, 0.1) is 0 Å². The van der Waals surface area contributed by atoms with Gasteiger partial charge in [-0.25, -0.2) is 0 Å². The fourth-order valence-electron chi connectivity index (χ4n) is 2.56. The van der Waals surface area contributed by atoms with Gasteiger partial charge in [0.1, 0.15) is 11.3 Å². The van der Waals surface area contributed by atoms with E-state index in [0.29, 0.717) is 13.2 Å². The maximum Gasteiger partial charge on any atom is 0.254 e. The fraction of sp³-hybridized carbons (Fsp3) is 0.538. The molecular formula is C13H17N5O2S. The minimum absolute atomic E-state index is 0.0723. The Morgan fingerprint density at radius 2 is 2.33 bits per heavy atom. The molecule has 0 atom stereocenters. The lowest BCUT2D eigenvalue weighted by Crippen LogP contribution is -2.28. The minimum atomic E-state index is -0.0723. The number of hydrogen-bond acceptors (Lipinski definition) is 6. The second kappa shape index (κ2) is 6.31. The molecule has 3 rings (SSSR count). The lowest BCUT2D eigenvalue weighted by molar-refractivity contribution is 0.0936. The first-order chi connectivity index (χ1) is 10.3. The summed E-state index contributed by atoms with van der Waals surface area (Å²) in [5.74, 6) is -0.0723. The van der Waals surface area contributed by atoms with Crippen LogP contribution in [0.4, 0.5) is 0 Å². The number of aryl methyl sites for hydroxylation is 1. The van der Waals surface area contributed by atoms with Gasteiger partial charge in [0.25, 0.3) is 5.91 Å². The maximum atomic E-state index is 12.5. The van der Waals surface area contributed by atoms with E-state index in [1.165, 1.54) is 17.6 Å². The third-order valence-corrected chi connectivity index (χ3v) is 4.81. The Labute approximate surface area is 126 Å². The number of aromatic nitrogens is 4. The van der Waals surface area contributed by atoms with Crippen LogP contribution in [-0.4, -0.2) is 46.4 Å². The average molecular weight is 307 g/mol. The minimum Gasteiger partial charge on any atom is -0.383 e. The molecule has 21 heavy (non-hydrogen) atoms. The summed E-state index contributed by atoms with van der Waals surface area (Å²) in [6.07, 6.45) is 5.80. The van der Waals surface area contributed by atoms with Gasteiger partial charge in [0.05, 0.1) is 12.2 Å². The van der Waals surface area contributed by atoms with Crippen molar-refractivity contribution in [3.05, 3.63) is 22.3 Å². The molecule has 7 nitrogen and oxygen atoms in total. The van der Waals surface area contributed by atoms with Crippen molar-refractivity contribution in [2.75, 3.05) is 20.3 Å². The number of hydrogen-bond donors (Lipinski definition) is 1. The molecule has 1 aliphatic carbocycles. The number of carbonyl (C=O) groups is 1. The molecule has 0 saturated carbocycles. The maximum absolute atomic E-state index is 12.5. The second-order valence-corrected chi connectivity index (χ2v) is 5.98. The lowest BCUT2D eigenvalue weighted by atomic mass is 9.95. The molecule has 2 heterocycles. The monoisotopic (exact) mass is 307 g/mol. The quantitative estimate of drug-likeness (QED) is 0.833. The highest BCUT2D eigenvalue weighted by atomic mass is 32.1. The summed E-state index contributed by atoms with van der Waals surface area (Å²) < 4.78 is 6.55. The van der Waals surface area contributed by atoms with Crippen molar-refractivity contribution < 1.29 is 9.53 Å². The molecule has 2 aromatic heterocycles. The lowest BCUT2D eigenvalue weighted by Gasteiger charge is -2.12. The first kappa shape index (κ1) is 14.2. The van der Waals surface area contributed by atoms with Gasteiger partial charge >= 0.3 is 0 Å². The zero-order valence-electron chi connectivity index (χ0n) is 11.8. The van der Waals surface area contributed by atoms with Crippen molar-refractivity contribution >= 4 is 17.2 Å². The first-order valence-electron chi connectivity index (χ1n) is 6.96. The SMILES string of the molecule is COCCNC(=O)c1c(-n2cnnn2)sc2c1CCCC2. The number of methoxy groups -OCH3 is 1. The van der Waals surface area contributed by atoms with E-state index in [1.807, 2.05) is 0 Å². The van der Waals surface area contributed by atoms with Gasteiger partial charge in [-0.15, -0.1) is 16.4 Å². The summed E-state index contributed by atoms with van der Waals surface area (Å²) >= 11 is 1.62. The van der Waals surface area contributed by atoms with Crippen LogP contribution < -0.4 is 5.32 Å². The van der Waals surface area contributed by atoms with Crippen molar-refractivity contribution in [3.63, 3.8) is 0 Å². The Kier molecular flexibility index (Phi) is 4.26. The van der Waals surface area contributed by atoms with E-state index >= 15 is 0 Å². The van der Waals surface area contributed by atoms with Crippen molar-refractivity contribution in [1.29, 1.82) is 0 Å². The van der Waals surface area contributed by atoms with Gasteiger partial charge in [-0.05, 0) is 41.7 Å². The molecule has 0 spiro atoms. The summed E-state index contributed by atoms with van der Waals surface area (Å²) in [5, 5.41) is 15.0. The molecule has 0 unspecified atom stereocenters. The number of nitrogens with one attached hydrogen (secondary N) is 1. The average Bonchev–Trinajstić information content (AvgIpc) is 3.14. The zero-order valence-corrected chi connectivity index (χ0v) is 12.7. The summed E-state index contributed by atoms with van der Waals surface area (Å²) in [7, 11) is 1.62. The molecule has 1 N–H and O–H groups in total. The zero-order chi connectivity index (χ0) is 14.7. The number of tetrazole rings is 1. The third-order valence-electron chi connectivity index (χ3n) is 3.53. The normalized spacial score (nSPS) is 14.0. The number of rotatable bonds is 5. The van der Waals surface area contributed by atoms with Gasteiger partial charge in [0.15, 0.2) is 0 Å². The van der Waals surface area contributed by atoms with Crippen LogP contribution in [-0.2, 0) is 17.6 Å². The molecule has 112 valence electrons. The van der Waals surface area contributed by atoms with Gasteiger partial charge in [-0.1, -0.05) is 0 Å². The molecule has 1 aliphatic rings. The summed E-state index contributed by atoms with van der Waals surface area (Å²) in [5.41, 5.74) is 1.88. The summed E-state index contributed by atoms with van der Waals surface area (Å²) in [6, 6.07) is 0. The van der Waals surface area contributed by atoms with Gasteiger partial charge in [0.2, 0.25) is 0 Å². The van der Waals surface area contributed by atoms with E-state index in [0.717, 1.165) is 35.4 Å². The number of ether oxygens (including phenoxy) is 1. The standard InChI is InChI=1S/C13H17N5O2S/c1-20-7-6-14-12(19)11-9-4-2-3-5-10(9)21-13(11)18-8-15-16-17-18/h8H,2-7H2,1H3,(H,14,19). The molecule has 0 saturated heterocycles. The van der Waals surface area contributed by atoms with E-state index in [1.54, 1.807) is 23.1 Å². The molecule has 1 amide bonds. The molecule has 0 aliphatic heterocycles. The van der Waals surface area contributed by atoms with E-state index in [9.17, 15) is 4.79 Å². The highest BCUT2D eigenvalue weighted by molar-refractivity contribution is 7.15. The molecule has 0 aromatic carbocycles. The van der Waals surface area contributed by atoms with Crippen LogP contribution in [0.2, 0.25) is 0 Å². The summed E-state index contributed by atoms with van der Waals surface area (Å²) in [6.45, 7) is 0.993. The van der Waals surface area contributed by atoms with E-state index < -0.39 is 0 Å². The predicted octanol–water partition coefficient (Wildman–Crippen LogP) is 0.979. The van der Waals surface area contributed by atoms with Crippen LogP contribution in [0.15, 0.2) is 6.33 Å². The van der Waals surface area contributed by atoms with Crippen molar-refractivity contribution in [1.82, 2.24) is 25.5 Å². The van der Waals surface area contributed by atoms with Crippen LogP contribution in [0.25, 0.3) is 5.00 Å². The molecule has 0 fully saturated rings. The highest BCUT2D eigenvalue weighted by Crippen LogP contribution is 2.36. The highest BCUT2D eigenvalue weighted by Gasteiger charge is 2.26. The third kappa shape index (κ3) is 2.81. The van der Waals surface area contributed by atoms with Crippen LogP contribution in [0.5, 0.6) is 0 Å². The van der Waals surface area contributed by atoms with Crippen LogP contribution in [0.3, 0.4) is 0 Å². The van der Waals surface area contributed by atoms with Gasteiger partial charge < -0.3 is 10.1 Å². The molecule has 0 radical (unpaired) electrons. The number of amides is 1. The second-order valence-electron chi connectivity index (χ2n) is 4.89. The van der Waals surface area contributed by atoms with Gasteiger partial charge in [-0.2, -0.15) is 4.68 Å². The Bertz CT molecular complexity index is 623. The molecule has 2 aromatic rings. The van der Waals surface area contributed by atoms with E-state index in [-0.39, 0.29) is 5.91 Å². The van der Waals surface area contributed by atoms with Crippen LogP contribution >= 0.6 is 11.3 Å². The fourth-order valence-corrected chi connectivity index (χ4v) is 3.86. The Morgan fingerprint density at radius 1 is 1.48 bits per heavy atom. The molecular weight excluding hydrogens is 290 g/mol. The number of thiophene rings is 1. The smallest absolute Gasteiger partial charge is 0.254 e. The largest absolute Gasteiger partial charge is 0.383 e. The first-order valence-corrected chi connectivity index (χ1v) is 7.78.